The molecule has 3 heteroatoms. The van der Waals surface area contributed by atoms with Gasteiger partial charge in [0.15, 0.2) is 0 Å². The lowest BCUT2D eigenvalue weighted by Gasteiger charge is -2.43. The SMILES string of the molecule is CCNC1CCN(CCOCCC(C)C)C(C)C1C. The van der Waals surface area contributed by atoms with Crippen molar-refractivity contribution in [1.82, 2.24) is 10.2 Å². The molecule has 0 aliphatic carbocycles. The van der Waals surface area contributed by atoms with E-state index in [1.165, 1.54) is 19.4 Å². The lowest BCUT2D eigenvalue weighted by molar-refractivity contribution is 0.0423. The predicted molar refractivity (Wildman–Crippen MR) is 82.6 cm³/mol. The maximum atomic E-state index is 5.75. The van der Waals surface area contributed by atoms with Crippen molar-refractivity contribution in [2.24, 2.45) is 11.8 Å². The Labute approximate surface area is 120 Å². The molecule has 3 unspecified atom stereocenters. The molecular formula is C16H34N2O. The average Bonchev–Trinajstić information content (AvgIpc) is 2.37. The molecule has 0 radical (unpaired) electrons. The molecule has 0 aromatic heterocycles. The third kappa shape index (κ3) is 5.80. The van der Waals surface area contributed by atoms with Crippen molar-refractivity contribution in [1.29, 1.82) is 0 Å². The smallest absolute Gasteiger partial charge is 0.0593 e. The first kappa shape index (κ1) is 16.9. The lowest BCUT2D eigenvalue weighted by Crippen LogP contribution is -2.53. The summed E-state index contributed by atoms with van der Waals surface area (Å²) in [6.45, 7) is 16.6. The number of rotatable bonds is 8. The second kappa shape index (κ2) is 8.93. The summed E-state index contributed by atoms with van der Waals surface area (Å²) in [4.78, 5) is 2.59. The maximum Gasteiger partial charge on any atom is 0.0593 e. The Morgan fingerprint density at radius 3 is 2.63 bits per heavy atom. The molecule has 0 bridgehead atoms. The van der Waals surface area contributed by atoms with Crippen LogP contribution in [0.2, 0.25) is 0 Å². The number of hydrogen-bond donors (Lipinski definition) is 1. The van der Waals surface area contributed by atoms with Gasteiger partial charge in [0.25, 0.3) is 0 Å². The molecule has 3 atom stereocenters. The monoisotopic (exact) mass is 270 g/mol. The van der Waals surface area contributed by atoms with E-state index in [0.29, 0.717) is 12.1 Å². The van der Waals surface area contributed by atoms with E-state index in [1.807, 2.05) is 0 Å². The zero-order valence-electron chi connectivity index (χ0n) is 13.6. The molecule has 1 N–H and O–H groups in total. The van der Waals surface area contributed by atoms with Gasteiger partial charge in [-0.05, 0) is 38.1 Å². The quantitative estimate of drug-likeness (QED) is 0.686. The number of nitrogens with one attached hydrogen (secondary N) is 1. The summed E-state index contributed by atoms with van der Waals surface area (Å²) in [5.41, 5.74) is 0. The molecule has 1 fully saturated rings. The highest BCUT2D eigenvalue weighted by atomic mass is 16.5. The molecule has 1 aliphatic heterocycles. The van der Waals surface area contributed by atoms with Gasteiger partial charge in [-0.15, -0.1) is 0 Å². The van der Waals surface area contributed by atoms with Crippen molar-refractivity contribution in [3.63, 3.8) is 0 Å². The zero-order valence-corrected chi connectivity index (χ0v) is 13.6. The minimum absolute atomic E-state index is 0.659. The summed E-state index contributed by atoms with van der Waals surface area (Å²) >= 11 is 0. The maximum absolute atomic E-state index is 5.75. The van der Waals surface area contributed by atoms with Crippen LogP contribution in [-0.2, 0) is 4.74 Å². The second-order valence-corrected chi connectivity index (χ2v) is 6.38. The van der Waals surface area contributed by atoms with Crippen molar-refractivity contribution >= 4 is 0 Å². The highest BCUT2D eigenvalue weighted by molar-refractivity contribution is 4.88. The normalized spacial score (nSPS) is 29.1. The van der Waals surface area contributed by atoms with Crippen LogP contribution in [0.1, 0.15) is 47.5 Å². The molecule has 0 aromatic rings. The average molecular weight is 270 g/mol. The first-order chi connectivity index (χ1) is 9.06. The van der Waals surface area contributed by atoms with Crippen LogP contribution in [0, 0.1) is 11.8 Å². The van der Waals surface area contributed by atoms with Crippen LogP contribution in [-0.4, -0.2) is 49.8 Å². The van der Waals surface area contributed by atoms with Gasteiger partial charge in [0, 0.05) is 31.8 Å². The number of likely N-dealkylation sites (tertiary alicyclic amines) is 1. The molecule has 1 saturated heterocycles. The van der Waals surface area contributed by atoms with Crippen molar-refractivity contribution < 1.29 is 4.74 Å². The van der Waals surface area contributed by atoms with Crippen LogP contribution in [0.3, 0.4) is 0 Å². The summed E-state index contributed by atoms with van der Waals surface area (Å²) in [7, 11) is 0. The lowest BCUT2D eigenvalue weighted by atomic mass is 9.87. The van der Waals surface area contributed by atoms with E-state index in [2.05, 4.69) is 44.8 Å². The minimum Gasteiger partial charge on any atom is -0.380 e. The fraction of sp³-hybridized carbons (Fsp3) is 1.00. The van der Waals surface area contributed by atoms with Crippen LogP contribution in [0.4, 0.5) is 0 Å². The summed E-state index contributed by atoms with van der Waals surface area (Å²) < 4.78 is 5.75. The molecule has 1 rings (SSSR count). The molecule has 0 saturated carbocycles. The van der Waals surface area contributed by atoms with Gasteiger partial charge in [-0.25, -0.2) is 0 Å². The van der Waals surface area contributed by atoms with E-state index < -0.39 is 0 Å². The first-order valence-corrected chi connectivity index (χ1v) is 8.11. The molecule has 114 valence electrons. The number of nitrogens with zero attached hydrogens (tertiary/aromatic N) is 1. The highest BCUT2D eigenvalue weighted by Crippen LogP contribution is 2.23. The third-order valence-electron chi connectivity index (χ3n) is 4.53. The van der Waals surface area contributed by atoms with Gasteiger partial charge in [-0.1, -0.05) is 27.7 Å². The fourth-order valence-corrected chi connectivity index (χ4v) is 2.91. The van der Waals surface area contributed by atoms with E-state index in [-0.39, 0.29) is 0 Å². The van der Waals surface area contributed by atoms with Gasteiger partial charge >= 0.3 is 0 Å². The van der Waals surface area contributed by atoms with Gasteiger partial charge in [0.2, 0.25) is 0 Å². The van der Waals surface area contributed by atoms with Crippen LogP contribution >= 0.6 is 0 Å². The van der Waals surface area contributed by atoms with Gasteiger partial charge in [-0.3, -0.25) is 4.90 Å². The summed E-state index contributed by atoms with van der Waals surface area (Å²) in [6.07, 6.45) is 2.44. The van der Waals surface area contributed by atoms with Gasteiger partial charge < -0.3 is 10.1 Å². The molecule has 1 aliphatic rings. The van der Waals surface area contributed by atoms with Crippen molar-refractivity contribution in [3.05, 3.63) is 0 Å². The standard InChI is InChI=1S/C16H34N2O/c1-6-17-16-7-9-18(15(5)14(16)4)10-12-19-11-8-13(2)3/h13-17H,6-12H2,1-5H3. The first-order valence-electron chi connectivity index (χ1n) is 8.11. The summed E-state index contributed by atoms with van der Waals surface area (Å²) in [5.74, 6) is 1.47. The predicted octanol–water partition coefficient (Wildman–Crippen LogP) is 2.76. The van der Waals surface area contributed by atoms with E-state index in [4.69, 9.17) is 4.74 Å². The Bertz CT molecular complexity index is 233. The molecule has 0 spiro atoms. The molecule has 1 heterocycles. The van der Waals surface area contributed by atoms with Gasteiger partial charge in [0.05, 0.1) is 6.61 Å². The largest absolute Gasteiger partial charge is 0.380 e. The van der Waals surface area contributed by atoms with Gasteiger partial charge in [0.1, 0.15) is 0 Å². The molecule has 19 heavy (non-hydrogen) atoms. The Kier molecular flexibility index (Phi) is 7.96. The number of ether oxygens (including phenoxy) is 1. The zero-order chi connectivity index (χ0) is 14.3. The van der Waals surface area contributed by atoms with E-state index in [9.17, 15) is 0 Å². The summed E-state index contributed by atoms with van der Waals surface area (Å²) in [5, 5.41) is 3.62. The number of hydrogen-bond acceptors (Lipinski definition) is 3. The molecule has 3 nitrogen and oxygen atoms in total. The molecule has 0 amide bonds. The fourth-order valence-electron chi connectivity index (χ4n) is 2.91. The van der Waals surface area contributed by atoms with Gasteiger partial charge in [-0.2, -0.15) is 0 Å². The van der Waals surface area contributed by atoms with E-state index >= 15 is 0 Å². The Morgan fingerprint density at radius 1 is 1.26 bits per heavy atom. The van der Waals surface area contributed by atoms with Crippen molar-refractivity contribution in [2.75, 3.05) is 32.8 Å². The Balaban J connectivity index is 2.21. The Morgan fingerprint density at radius 2 is 2.00 bits per heavy atom. The summed E-state index contributed by atoms with van der Waals surface area (Å²) in [6, 6.07) is 1.35. The molecule has 0 aromatic carbocycles. The van der Waals surface area contributed by atoms with E-state index in [0.717, 1.165) is 38.1 Å². The van der Waals surface area contributed by atoms with Crippen molar-refractivity contribution in [3.8, 4) is 0 Å². The van der Waals surface area contributed by atoms with Crippen LogP contribution in [0.5, 0.6) is 0 Å². The van der Waals surface area contributed by atoms with E-state index in [1.54, 1.807) is 0 Å². The van der Waals surface area contributed by atoms with Crippen LogP contribution in [0.25, 0.3) is 0 Å². The molecular weight excluding hydrogens is 236 g/mol. The van der Waals surface area contributed by atoms with Crippen LogP contribution in [0.15, 0.2) is 0 Å². The second-order valence-electron chi connectivity index (χ2n) is 6.38. The highest BCUT2D eigenvalue weighted by Gasteiger charge is 2.31. The minimum atomic E-state index is 0.659. The van der Waals surface area contributed by atoms with Crippen LogP contribution < -0.4 is 5.32 Å². The topological polar surface area (TPSA) is 24.5 Å². The van der Waals surface area contributed by atoms with Crippen molar-refractivity contribution in [2.45, 2.75) is 59.5 Å². The third-order valence-corrected chi connectivity index (χ3v) is 4.53. The Hall–Kier alpha value is -0.120. The number of piperidine rings is 1.